The normalized spacial score (nSPS) is 13.8. The molecule has 0 spiro atoms. The van der Waals surface area contributed by atoms with Crippen LogP contribution in [0.4, 0.5) is 11.4 Å². The van der Waals surface area contributed by atoms with Gasteiger partial charge in [-0.05, 0) is 50.5 Å². The first kappa shape index (κ1) is 21.6. The molecule has 4 rings (SSSR count). The molecule has 7 heteroatoms. The van der Waals surface area contributed by atoms with Crippen molar-refractivity contribution in [3.63, 3.8) is 0 Å². The molecule has 0 aliphatic carbocycles. The molecule has 1 fully saturated rings. The van der Waals surface area contributed by atoms with Crippen molar-refractivity contribution in [2.75, 3.05) is 23.9 Å². The number of methoxy groups -OCH3 is 1. The molecule has 0 radical (unpaired) electrons. The van der Waals surface area contributed by atoms with E-state index in [0.717, 1.165) is 24.1 Å². The molecule has 1 aliphatic rings. The molecule has 0 bridgehead atoms. The lowest BCUT2D eigenvalue weighted by atomic mass is 10.1. The number of carbonyl (C=O) groups excluding carboxylic acids is 2. The quantitative estimate of drug-likeness (QED) is 0.629. The van der Waals surface area contributed by atoms with Crippen LogP contribution in [0.15, 0.2) is 48.5 Å². The zero-order valence-corrected chi connectivity index (χ0v) is 18.7. The highest BCUT2D eigenvalue weighted by Crippen LogP contribution is 2.34. The van der Waals surface area contributed by atoms with E-state index in [4.69, 9.17) is 4.74 Å². The van der Waals surface area contributed by atoms with Crippen molar-refractivity contribution in [3.8, 4) is 5.75 Å². The van der Waals surface area contributed by atoms with E-state index in [2.05, 4.69) is 10.4 Å². The van der Waals surface area contributed by atoms with E-state index in [1.54, 1.807) is 30.2 Å². The Kier molecular flexibility index (Phi) is 6.25. The number of hydrogen-bond donors (Lipinski definition) is 1. The van der Waals surface area contributed by atoms with Crippen molar-refractivity contribution in [1.29, 1.82) is 0 Å². The van der Waals surface area contributed by atoms with Crippen LogP contribution in [0.3, 0.4) is 0 Å². The number of aryl methyl sites for hydroxylation is 1. The highest BCUT2D eigenvalue weighted by molar-refractivity contribution is 6.06. The molecule has 32 heavy (non-hydrogen) atoms. The molecular weight excluding hydrogens is 404 g/mol. The molecule has 1 N–H and O–H groups in total. The van der Waals surface area contributed by atoms with Crippen molar-refractivity contribution in [2.45, 2.75) is 39.7 Å². The molecule has 3 aromatic rings. The number of hydrogen-bond acceptors (Lipinski definition) is 4. The van der Waals surface area contributed by atoms with E-state index in [-0.39, 0.29) is 11.8 Å². The van der Waals surface area contributed by atoms with Gasteiger partial charge in [0.15, 0.2) is 0 Å². The maximum atomic E-state index is 13.2. The number of aromatic nitrogens is 2. The lowest BCUT2D eigenvalue weighted by Crippen LogP contribution is -2.35. The van der Waals surface area contributed by atoms with Gasteiger partial charge >= 0.3 is 0 Å². The minimum atomic E-state index is -0.222. The van der Waals surface area contributed by atoms with Gasteiger partial charge in [-0.1, -0.05) is 30.3 Å². The highest BCUT2D eigenvalue weighted by atomic mass is 16.5. The third kappa shape index (κ3) is 4.37. The van der Waals surface area contributed by atoms with Crippen LogP contribution in [0.5, 0.6) is 5.75 Å². The maximum absolute atomic E-state index is 13.2. The molecule has 2 heterocycles. The fourth-order valence-electron chi connectivity index (χ4n) is 4.17. The first-order chi connectivity index (χ1) is 15.5. The number of nitrogens with one attached hydrogen (secondary N) is 1. The van der Waals surface area contributed by atoms with Crippen molar-refractivity contribution >= 4 is 23.2 Å². The lowest BCUT2D eigenvalue weighted by Gasteiger charge is -2.28. The predicted octanol–water partition coefficient (Wildman–Crippen LogP) is 4.33. The fourth-order valence-corrected chi connectivity index (χ4v) is 4.17. The fraction of sp³-hybridized carbons (Fsp3) is 0.320. The van der Waals surface area contributed by atoms with E-state index in [0.29, 0.717) is 47.9 Å². The Hall–Kier alpha value is -3.61. The minimum Gasteiger partial charge on any atom is -0.495 e. The maximum Gasteiger partial charge on any atom is 0.259 e. The Morgan fingerprint density at radius 2 is 1.91 bits per heavy atom. The topological polar surface area (TPSA) is 76.5 Å². The SMILES string of the molecule is COc1ccc(NC(=O)c2c(C)nn(Cc3ccccc3)c2C)cc1N1CCCCC1=O. The van der Waals surface area contributed by atoms with Crippen LogP contribution in [0.25, 0.3) is 0 Å². The molecule has 7 nitrogen and oxygen atoms in total. The minimum absolute atomic E-state index is 0.0758. The summed E-state index contributed by atoms with van der Waals surface area (Å²) in [6.45, 7) is 5.00. The summed E-state index contributed by atoms with van der Waals surface area (Å²) in [5, 5.41) is 7.56. The van der Waals surface area contributed by atoms with Crippen molar-refractivity contribution in [2.24, 2.45) is 0 Å². The number of piperidine rings is 1. The second-order valence-electron chi connectivity index (χ2n) is 8.03. The number of ether oxygens (including phenoxy) is 1. The van der Waals surface area contributed by atoms with E-state index in [1.807, 2.05) is 48.9 Å². The van der Waals surface area contributed by atoms with Gasteiger partial charge in [-0.2, -0.15) is 5.10 Å². The van der Waals surface area contributed by atoms with Crippen molar-refractivity contribution in [3.05, 3.63) is 71.0 Å². The van der Waals surface area contributed by atoms with Crippen LogP contribution in [-0.2, 0) is 11.3 Å². The summed E-state index contributed by atoms with van der Waals surface area (Å²) in [6.07, 6.45) is 2.38. The Morgan fingerprint density at radius 3 is 2.62 bits per heavy atom. The van der Waals surface area contributed by atoms with E-state index >= 15 is 0 Å². The first-order valence-electron chi connectivity index (χ1n) is 10.9. The van der Waals surface area contributed by atoms with E-state index in [9.17, 15) is 9.59 Å². The summed E-state index contributed by atoms with van der Waals surface area (Å²) >= 11 is 0. The van der Waals surface area contributed by atoms with Crippen LogP contribution in [0.2, 0.25) is 0 Å². The summed E-state index contributed by atoms with van der Waals surface area (Å²) < 4.78 is 7.32. The van der Waals surface area contributed by atoms with E-state index < -0.39 is 0 Å². The third-order valence-corrected chi connectivity index (χ3v) is 5.83. The first-order valence-corrected chi connectivity index (χ1v) is 10.9. The van der Waals surface area contributed by atoms with E-state index in [1.165, 1.54) is 0 Å². The summed E-state index contributed by atoms with van der Waals surface area (Å²) in [5.41, 5.74) is 4.46. The average molecular weight is 433 g/mol. The third-order valence-electron chi connectivity index (χ3n) is 5.83. The number of nitrogens with zero attached hydrogens (tertiary/aromatic N) is 3. The van der Waals surface area contributed by atoms with Gasteiger partial charge in [0.05, 0.1) is 30.6 Å². The molecule has 1 saturated heterocycles. The highest BCUT2D eigenvalue weighted by Gasteiger charge is 2.24. The summed E-state index contributed by atoms with van der Waals surface area (Å²) in [7, 11) is 1.58. The van der Waals surface area contributed by atoms with Gasteiger partial charge in [-0.25, -0.2) is 0 Å². The van der Waals surface area contributed by atoms with Gasteiger partial charge in [0.2, 0.25) is 5.91 Å². The van der Waals surface area contributed by atoms with Gasteiger partial charge < -0.3 is 15.0 Å². The molecule has 1 aliphatic heterocycles. The Morgan fingerprint density at radius 1 is 1.12 bits per heavy atom. The molecule has 0 saturated carbocycles. The largest absolute Gasteiger partial charge is 0.495 e. The van der Waals surface area contributed by atoms with Crippen molar-refractivity contribution < 1.29 is 14.3 Å². The standard InChI is InChI=1S/C25H28N4O3/c1-17-24(18(2)29(27-17)16-19-9-5-4-6-10-19)25(31)26-20-12-13-22(32-3)21(15-20)28-14-8-7-11-23(28)30/h4-6,9-10,12-13,15H,7-8,11,14,16H2,1-3H3,(H,26,31). The number of amides is 2. The molecule has 2 aromatic carbocycles. The smallest absolute Gasteiger partial charge is 0.259 e. The Bertz CT molecular complexity index is 1140. The van der Waals surface area contributed by atoms with Crippen LogP contribution >= 0.6 is 0 Å². The summed E-state index contributed by atoms with van der Waals surface area (Å²) in [6, 6.07) is 15.4. The lowest BCUT2D eigenvalue weighted by molar-refractivity contribution is -0.119. The van der Waals surface area contributed by atoms with Crippen LogP contribution < -0.4 is 15.0 Å². The Labute approximate surface area is 188 Å². The van der Waals surface area contributed by atoms with Crippen LogP contribution in [-0.4, -0.2) is 35.2 Å². The number of carbonyl (C=O) groups is 2. The van der Waals surface area contributed by atoms with Gasteiger partial charge in [0.25, 0.3) is 5.91 Å². The molecule has 2 amide bonds. The molecule has 166 valence electrons. The second-order valence-corrected chi connectivity index (χ2v) is 8.03. The van der Waals surface area contributed by atoms with Gasteiger partial charge in [-0.15, -0.1) is 0 Å². The Balaban J connectivity index is 1.58. The van der Waals surface area contributed by atoms with Crippen LogP contribution in [0.1, 0.15) is 46.6 Å². The zero-order chi connectivity index (χ0) is 22.7. The summed E-state index contributed by atoms with van der Waals surface area (Å²) in [4.78, 5) is 27.3. The monoisotopic (exact) mass is 432 g/mol. The number of benzene rings is 2. The number of anilines is 2. The molecular formula is C25H28N4O3. The van der Waals surface area contributed by atoms with Crippen molar-refractivity contribution in [1.82, 2.24) is 9.78 Å². The summed E-state index contributed by atoms with van der Waals surface area (Å²) in [5.74, 6) is 0.466. The van der Waals surface area contributed by atoms with Gasteiger partial charge in [0.1, 0.15) is 5.75 Å². The number of rotatable bonds is 6. The van der Waals surface area contributed by atoms with Gasteiger partial charge in [-0.3, -0.25) is 14.3 Å². The zero-order valence-electron chi connectivity index (χ0n) is 18.7. The average Bonchev–Trinajstić information content (AvgIpc) is 3.07. The molecule has 1 aromatic heterocycles. The van der Waals surface area contributed by atoms with Crippen LogP contribution in [0, 0.1) is 13.8 Å². The molecule has 0 unspecified atom stereocenters. The second kappa shape index (κ2) is 9.26. The predicted molar refractivity (Wildman–Crippen MR) is 124 cm³/mol. The van der Waals surface area contributed by atoms with Gasteiger partial charge in [0, 0.05) is 24.3 Å². The molecule has 0 atom stereocenters.